The van der Waals surface area contributed by atoms with E-state index >= 15 is 0 Å². The summed E-state index contributed by atoms with van der Waals surface area (Å²) in [5.74, 6) is -0.771. The molecule has 0 aliphatic rings. The summed E-state index contributed by atoms with van der Waals surface area (Å²) in [5.41, 5.74) is 1.32. The van der Waals surface area contributed by atoms with E-state index in [-0.39, 0.29) is 12.5 Å². The molecule has 1 amide bonds. The molecule has 0 radical (unpaired) electrons. The molecule has 0 saturated heterocycles. The van der Waals surface area contributed by atoms with Crippen LogP contribution in [0.4, 0.5) is 5.69 Å². The lowest BCUT2D eigenvalue weighted by atomic mass is 10.2. The molecule has 0 fully saturated rings. The highest BCUT2D eigenvalue weighted by atomic mass is 35.5. The first-order valence-electron chi connectivity index (χ1n) is 7.62. The number of benzene rings is 2. The summed E-state index contributed by atoms with van der Waals surface area (Å²) in [6, 6.07) is 11.0. The quantitative estimate of drug-likeness (QED) is 0.568. The molecule has 2 rings (SSSR count). The van der Waals surface area contributed by atoms with Crippen molar-refractivity contribution in [2.24, 2.45) is 0 Å². The second kappa shape index (κ2) is 9.42. The molecule has 2 aromatic carbocycles. The predicted octanol–water partition coefficient (Wildman–Crippen LogP) is 4.44. The first-order chi connectivity index (χ1) is 12.0. The van der Waals surface area contributed by atoms with Crippen molar-refractivity contribution in [3.05, 3.63) is 63.6 Å². The number of carbonyl (C=O) groups excluding carboxylic acids is 2. The Kier molecular flexibility index (Phi) is 7.25. The molecule has 1 N–H and O–H groups in total. The Morgan fingerprint density at radius 2 is 1.64 bits per heavy atom. The maximum absolute atomic E-state index is 12.2. The average Bonchev–Trinajstić information content (AvgIpc) is 2.61. The Morgan fingerprint density at radius 1 is 0.960 bits per heavy atom. The third-order valence-electron chi connectivity index (χ3n) is 3.23. The Bertz CT molecular complexity index is 747. The summed E-state index contributed by atoms with van der Waals surface area (Å²) in [7, 11) is 0. The van der Waals surface area contributed by atoms with Gasteiger partial charge in [-0.2, -0.15) is 0 Å². The van der Waals surface area contributed by atoms with Gasteiger partial charge >= 0.3 is 5.97 Å². The average molecular weight is 382 g/mol. The van der Waals surface area contributed by atoms with E-state index < -0.39 is 5.97 Å². The molecule has 0 aliphatic heterocycles. The van der Waals surface area contributed by atoms with Gasteiger partial charge in [-0.1, -0.05) is 23.2 Å². The molecule has 0 saturated carbocycles. The number of rotatable bonds is 7. The van der Waals surface area contributed by atoms with Crippen molar-refractivity contribution in [1.82, 2.24) is 0 Å². The van der Waals surface area contributed by atoms with Gasteiger partial charge in [-0.05, 0) is 49.4 Å². The fourth-order valence-corrected chi connectivity index (χ4v) is 2.25. The maximum Gasteiger partial charge on any atom is 0.338 e. The van der Waals surface area contributed by atoms with Crippen LogP contribution in [0.1, 0.15) is 27.6 Å². The monoisotopic (exact) mass is 381 g/mol. The Labute approximate surface area is 155 Å². The van der Waals surface area contributed by atoms with Gasteiger partial charge < -0.3 is 14.8 Å². The Morgan fingerprint density at radius 3 is 2.28 bits per heavy atom. The summed E-state index contributed by atoms with van der Waals surface area (Å²) in [6.45, 7) is 3.00. The molecule has 0 bridgehead atoms. The van der Waals surface area contributed by atoms with Crippen LogP contribution < -0.4 is 5.32 Å². The molecule has 25 heavy (non-hydrogen) atoms. The third kappa shape index (κ3) is 5.74. The van der Waals surface area contributed by atoms with Crippen LogP contribution in [-0.2, 0) is 9.47 Å². The number of hydrogen-bond donors (Lipinski definition) is 1. The van der Waals surface area contributed by atoms with Gasteiger partial charge in [-0.25, -0.2) is 4.79 Å². The summed E-state index contributed by atoms with van der Waals surface area (Å²) >= 11 is 11.7. The van der Waals surface area contributed by atoms with Crippen LogP contribution in [0.3, 0.4) is 0 Å². The van der Waals surface area contributed by atoms with E-state index in [0.717, 1.165) is 0 Å². The van der Waals surface area contributed by atoms with Crippen molar-refractivity contribution in [1.29, 1.82) is 0 Å². The topological polar surface area (TPSA) is 64.6 Å². The SMILES string of the molecule is CCOCCOC(=O)c1ccc(NC(=O)c2ccc(Cl)c(Cl)c2)cc1. The molecule has 0 aromatic heterocycles. The number of nitrogens with one attached hydrogen (secondary N) is 1. The number of anilines is 1. The minimum atomic E-state index is -0.443. The lowest BCUT2D eigenvalue weighted by molar-refractivity contribution is 0.0335. The van der Waals surface area contributed by atoms with Crippen molar-refractivity contribution in [3.8, 4) is 0 Å². The van der Waals surface area contributed by atoms with Gasteiger partial charge in [0, 0.05) is 17.9 Å². The molecule has 7 heteroatoms. The molecule has 0 unspecified atom stereocenters. The van der Waals surface area contributed by atoms with Crippen molar-refractivity contribution >= 4 is 40.8 Å². The number of ether oxygens (including phenoxy) is 2. The molecule has 132 valence electrons. The van der Waals surface area contributed by atoms with E-state index in [9.17, 15) is 9.59 Å². The zero-order chi connectivity index (χ0) is 18.2. The second-order valence-corrected chi connectivity index (χ2v) is 5.81. The molecule has 0 atom stereocenters. The molecular formula is C18H17Cl2NO4. The van der Waals surface area contributed by atoms with E-state index in [1.807, 2.05) is 6.92 Å². The molecule has 0 heterocycles. The van der Waals surface area contributed by atoms with Crippen molar-refractivity contribution < 1.29 is 19.1 Å². The summed E-state index contributed by atoms with van der Waals surface area (Å²) < 4.78 is 10.2. The summed E-state index contributed by atoms with van der Waals surface area (Å²) in [6.07, 6.45) is 0. The largest absolute Gasteiger partial charge is 0.460 e. The molecule has 0 spiro atoms. The van der Waals surface area contributed by atoms with Crippen LogP contribution in [0.25, 0.3) is 0 Å². The summed E-state index contributed by atoms with van der Waals surface area (Å²) in [5, 5.41) is 3.40. The van der Waals surface area contributed by atoms with Gasteiger partial charge in [0.05, 0.1) is 22.2 Å². The maximum atomic E-state index is 12.2. The lowest BCUT2D eigenvalue weighted by Crippen LogP contribution is -2.13. The fraction of sp³-hybridized carbons (Fsp3) is 0.222. The molecule has 0 aliphatic carbocycles. The van der Waals surface area contributed by atoms with E-state index in [4.69, 9.17) is 32.7 Å². The highest BCUT2D eigenvalue weighted by Gasteiger charge is 2.10. The molecular weight excluding hydrogens is 365 g/mol. The first kappa shape index (κ1) is 19.2. The minimum Gasteiger partial charge on any atom is -0.460 e. The van der Waals surface area contributed by atoms with E-state index in [1.165, 1.54) is 6.07 Å². The van der Waals surface area contributed by atoms with Crippen LogP contribution in [0.5, 0.6) is 0 Å². The zero-order valence-corrected chi connectivity index (χ0v) is 15.1. The van der Waals surface area contributed by atoms with Gasteiger partial charge in [0.15, 0.2) is 0 Å². The van der Waals surface area contributed by atoms with E-state index in [0.29, 0.717) is 40.1 Å². The van der Waals surface area contributed by atoms with Crippen LogP contribution in [-0.4, -0.2) is 31.7 Å². The van der Waals surface area contributed by atoms with Crippen molar-refractivity contribution in [2.75, 3.05) is 25.1 Å². The zero-order valence-electron chi connectivity index (χ0n) is 13.6. The molecule has 5 nitrogen and oxygen atoms in total. The number of hydrogen-bond acceptors (Lipinski definition) is 4. The van der Waals surface area contributed by atoms with Crippen LogP contribution >= 0.6 is 23.2 Å². The lowest BCUT2D eigenvalue weighted by Gasteiger charge is -2.08. The van der Waals surface area contributed by atoms with Gasteiger partial charge in [-0.3, -0.25) is 4.79 Å². The minimum absolute atomic E-state index is 0.197. The van der Waals surface area contributed by atoms with E-state index in [1.54, 1.807) is 36.4 Å². The van der Waals surface area contributed by atoms with Crippen LogP contribution in [0, 0.1) is 0 Å². The Hall–Kier alpha value is -2.08. The van der Waals surface area contributed by atoms with Crippen molar-refractivity contribution in [3.63, 3.8) is 0 Å². The van der Waals surface area contributed by atoms with Crippen molar-refractivity contribution in [2.45, 2.75) is 6.92 Å². The fourth-order valence-electron chi connectivity index (χ4n) is 1.95. The smallest absolute Gasteiger partial charge is 0.338 e. The number of amides is 1. The van der Waals surface area contributed by atoms with Crippen LogP contribution in [0.15, 0.2) is 42.5 Å². The van der Waals surface area contributed by atoms with Gasteiger partial charge in [0.1, 0.15) is 6.61 Å². The van der Waals surface area contributed by atoms with Gasteiger partial charge in [-0.15, -0.1) is 0 Å². The number of carbonyl (C=O) groups is 2. The van der Waals surface area contributed by atoms with Crippen LogP contribution in [0.2, 0.25) is 10.0 Å². The first-order valence-corrected chi connectivity index (χ1v) is 8.38. The third-order valence-corrected chi connectivity index (χ3v) is 3.96. The predicted molar refractivity (Wildman–Crippen MR) is 97.6 cm³/mol. The highest BCUT2D eigenvalue weighted by Crippen LogP contribution is 2.23. The number of esters is 1. The number of halogens is 2. The normalized spacial score (nSPS) is 10.4. The Balaban J connectivity index is 1.94. The second-order valence-electron chi connectivity index (χ2n) is 4.99. The van der Waals surface area contributed by atoms with Gasteiger partial charge in [0.2, 0.25) is 0 Å². The molecule has 2 aromatic rings. The summed E-state index contributed by atoms with van der Waals surface area (Å²) in [4.78, 5) is 24.0. The van der Waals surface area contributed by atoms with E-state index in [2.05, 4.69) is 5.32 Å². The standard InChI is InChI=1S/C18H17Cl2NO4/c1-2-24-9-10-25-18(23)12-3-6-14(7-4-12)21-17(22)13-5-8-15(19)16(20)11-13/h3-8,11H,2,9-10H2,1H3,(H,21,22). The van der Waals surface area contributed by atoms with Gasteiger partial charge in [0.25, 0.3) is 5.91 Å². The highest BCUT2D eigenvalue weighted by molar-refractivity contribution is 6.42.